The van der Waals surface area contributed by atoms with E-state index in [1.807, 2.05) is 24.3 Å². The molecule has 21 heavy (non-hydrogen) atoms. The van der Waals surface area contributed by atoms with Crippen LogP contribution >= 0.6 is 11.8 Å². The Labute approximate surface area is 125 Å². The fraction of sp³-hybridized carbons (Fsp3) is 0.133. The molecule has 0 radical (unpaired) electrons. The van der Waals surface area contributed by atoms with Gasteiger partial charge in [-0.2, -0.15) is 0 Å². The van der Waals surface area contributed by atoms with E-state index in [4.69, 9.17) is 5.11 Å². The van der Waals surface area contributed by atoms with Crippen LogP contribution in [0.25, 0.3) is 6.08 Å². The van der Waals surface area contributed by atoms with Crippen molar-refractivity contribution in [2.75, 3.05) is 0 Å². The third-order valence-corrected chi connectivity index (χ3v) is 3.60. The number of aliphatic carboxylic acids is 1. The first-order chi connectivity index (χ1) is 10.0. The third kappa shape index (κ3) is 4.61. The van der Waals surface area contributed by atoms with E-state index in [0.29, 0.717) is 16.6 Å². The summed E-state index contributed by atoms with van der Waals surface area (Å²) in [6.07, 6.45) is 2.67. The Kier molecular flexibility index (Phi) is 4.94. The highest BCUT2D eigenvalue weighted by Crippen LogP contribution is 2.21. The van der Waals surface area contributed by atoms with Crippen LogP contribution in [0.4, 0.5) is 0 Å². The van der Waals surface area contributed by atoms with Crippen molar-refractivity contribution in [2.45, 2.75) is 17.8 Å². The molecule has 0 spiro atoms. The van der Waals surface area contributed by atoms with Crippen LogP contribution in [0.3, 0.4) is 0 Å². The van der Waals surface area contributed by atoms with Crippen molar-refractivity contribution >= 4 is 23.8 Å². The molecule has 108 valence electrons. The van der Waals surface area contributed by atoms with Crippen molar-refractivity contribution in [3.63, 3.8) is 0 Å². The number of carbonyl (C=O) groups is 1. The molecule has 6 heteroatoms. The van der Waals surface area contributed by atoms with E-state index in [1.165, 1.54) is 17.8 Å². The third-order valence-electron chi connectivity index (χ3n) is 2.67. The van der Waals surface area contributed by atoms with Gasteiger partial charge in [0.1, 0.15) is 0 Å². The Hall–Kier alpha value is -2.34. The summed E-state index contributed by atoms with van der Waals surface area (Å²) >= 11 is 1.40. The van der Waals surface area contributed by atoms with Gasteiger partial charge >= 0.3 is 5.97 Å². The highest BCUT2D eigenvalue weighted by molar-refractivity contribution is 7.98. The molecule has 0 saturated carbocycles. The molecule has 2 rings (SSSR count). The predicted molar refractivity (Wildman–Crippen MR) is 82.3 cm³/mol. The normalized spacial score (nSPS) is 10.9. The number of aromatic nitrogens is 2. The molecule has 1 heterocycles. The molecule has 2 N–H and O–H groups in total. The van der Waals surface area contributed by atoms with Crippen LogP contribution in [0.15, 0.2) is 46.4 Å². The van der Waals surface area contributed by atoms with Crippen LogP contribution in [0.5, 0.6) is 0 Å². The van der Waals surface area contributed by atoms with Crippen molar-refractivity contribution < 1.29 is 9.90 Å². The van der Waals surface area contributed by atoms with Gasteiger partial charge < -0.3 is 10.1 Å². The summed E-state index contributed by atoms with van der Waals surface area (Å²) in [6.45, 7) is 1.77. The Bertz CT molecular complexity index is 738. The first-order valence-electron chi connectivity index (χ1n) is 6.24. The van der Waals surface area contributed by atoms with Gasteiger partial charge in [0, 0.05) is 23.6 Å². The van der Waals surface area contributed by atoms with Gasteiger partial charge in [0.25, 0.3) is 5.56 Å². The maximum Gasteiger partial charge on any atom is 0.328 e. The Balaban J connectivity index is 2.16. The van der Waals surface area contributed by atoms with Gasteiger partial charge in [-0.25, -0.2) is 9.78 Å². The molecule has 0 fully saturated rings. The Morgan fingerprint density at radius 3 is 2.90 bits per heavy atom. The average Bonchev–Trinajstić information content (AvgIpc) is 2.42. The number of rotatable bonds is 5. The fourth-order valence-electron chi connectivity index (χ4n) is 1.76. The standard InChI is InChI=1S/C15H14N2O3S/c1-10-8-13(18)17-15(16-10)21-9-12-5-3-2-4-11(12)6-7-14(19)20/h2-8H,9H2,1H3,(H,19,20)(H,16,17,18). The van der Waals surface area contributed by atoms with Crippen LogP contribution in [0, 0.1) is 6.92 Å². The lowest BCUT2D eigenvalue weighted by atomic mass is 10.1. The maximum absolute atomic E-state index is 11.4. The van der Waals surface area contributed by atoms with Crippen LogP contribution in [-0.2, 0) is 10.5 Å². The van der Waals surface area contributed by atoms with Crippen molar-refractivity contribution in [3.8, 4) is 0 Å². The molecule has 0 atom stereocenters. The van der Waals surface area contributed by atoms with Gasteiger partial charge in [-0.3, -0.25) is 4.79 Å². The van der Waals surface area contributed by atoms with Crippen LogP contribution in [0.1, 0.15) is 16.8 Å². The van der Waals surface area contributed by atoms with Crippen molar-refractivity contribution in [2.24, 2.45) is 0 Å². The molecule has 0 aliphatic heterocycles. The van der Waals surface area contributed by atoms with Crippen molar-refractivity contribution in [3.05, 3.63) is 63.6 Å². The van der Waals surface area contributed by atoms with Crippen molar-refractivity contribution in [1.29, 1.82) is 0 Å². The van der Waals surface area contributed by atoms with E-state index >= 15 is 0 Å². The number of benzene rings is 1. The first kappa shape index (κ1) is 15.1. The van der Waals surface area contributed by atoms with Crippen molar-refractivity contribution in [1.82, 2.24) is 9.97 Å². The largest absolute Gasteiger partial charge is 0.478 e. The number of nitrogens with zero attached hydrogens (tertiary/aromatic N) is 1. The number of aromatic amines is 1. The summed E-state index contributed by atoms with van der Waals surface area (Å²) in [6, 6.07) is 8.95. The van der Waals surface area contributed by atoms with Gasteiger partial charge in [0.05, 0.1) is 0 Å². The number of carboxylic acids is 1. The highest BCUT2D eigenvalue weighted by Gasteiger charge is 2.03. The monoisotopic (exact) mass is 302 g/mol. The maximum atomic E-state index is 11.4. The van der Waals surface area contributed by atoms with Crippen LogP contribution < -0.4 is 5.56 Å². The molecule has 0 unspecified atom stereocenters. The SMILES string of the molecule is Cc1cc(=O)[nH]c(SCc2ccccc2C=CC(=O)O)n1. The molecule has 0 bridgehead atoms. The minimum absolute atomic E-state index is 0.177. The number of H-pyrrole nitrogens is 1. The quantitative estimate of drug-likeness (QED) is 0.503. The molecule has 2 aromatic rings. The Morgan fingerprint density at radius 2 is 2.19 bits per heavy atom. The lowest BCUT2D eigenvalue weighted by Gasteiger charge is -2.05. The summed E-state index contributed by atoms with van der Waals surface area (Å²) in [5, 5.41) is 9.25. The lowest BCUT2D eigenvalue weighted by molar-refractivity contribution is -0.131. The second-order valence-electron chi connectivity index (χ2n) is 4.35. The van der Waals surface area contributed by atoms with Crippen LogP contribution in [-0.4, -0.2) is 21.0 Å². The number of hydrogen-bond acceptors (Lipinski definition) is 4. The van der Waals surface area contributed by atoms with Crippen LogP contribution in [0.2, 0.25) is 0 Å². The molecule has 5 nitrogen and oxygen atoms in total. The zero-order valence-electron chi connectivity index (χ0n) is 11.4. The molecule has 0 aliphatic rings. The summed E-state index contributed by atoms with van der Waals surface area (Å²) in [4.78, 5) is 28.9. The summed E-state index contributed by atoms with van der Waals surface area (Å²) < 4.78 is 0. The summed E-state index contributed by atoms with van der Waals surface area (Å²) in [7, 11) is 0. The van der Waals surface area contributed by atoms with E-state index in [2.05, 4.69) is 9.97 Å². The van der Waals surface area contributed by atoms with E-state index in [-0.39, 0.29) is 5.56 Å². The number of thioether (sulfide) groups is 1. The second kappa shape index (κ2) is 6.90. The Morgan fingerprint density at radius 1 is 1.43 bits per heavy atom. The lowest BCUT2D eigenvalue weighted by Crippen LogP contribution is -2.08. The molecule has 0 saturated heterocycles. The molecule has 0 aliphatic carbocycles. The number of aryl methyl sites for hydroxylation is 1. The molecule has 0 amide bonds. The number of carboxylic acid groups (broad SMARTS) is 1. The van der Waals surface area contributed by atoms with Gasteiger partial charge in [-0.05, 0) is 24.1 Å². The van der Waals surface area contributed by atoms with Gasteiger partial charge in [0.2, 0.25) is 0 Å². The zero-order valence-corrected chi connectivity index (χ0v) is 12.2. The topological polar surface area (TPSA) is 83.0 Å². The van der Waals surface area contributed by atoms with E-state index < -0.39 is 5.97 Å². The zero-order chi connectivity index (χ0) is 15.2. The minimum Gasteiger partial charge on any atom is -0.478 e. The molecular weight excluding hydrogens is 288 g/mol. The highest BCUT2D eigenvalue weighted by atomic mass is 32.2. The predicted octanol–water partition coefficient (Wildman–Crippen LogP) is 2.47. The first-order valence-corrected chi connectivity index (χ1v) is 7.23. The second-order valence-corrected chi connectivity index (χ2v) is 5.32. The minimum atomic E-state index is -0.984. The van der Waals surface area contributed by atoms with E-state index in [1.54, 1.807) is 13.0 Å². The molecule has 1 aromatic heterocycles. The average molecular weight is 302 g/mol. The number of nitrogens with one attached hydrogen (secondary N) is 1. The van der Waals surface area contributed by atoms with E-state index in [9.17, 15) is 9.59 Å². The number of hydrogen-bond donors (Lipinski definition) is 2. The van der Waals surface area contributed by atoms with Gasteiger partial charge in [-0.15, -0.1) is 0 Å². The fourth-order valence-corrected chi connectivity index (χ4v) is 2.69. The molecular formula is C15H14N2O3S. The van der Waals surface area contributed by atoms with E-state index in [0.717, 1.165) is 17.2 Å². The molecule has 1 aromatic carbocycles. The summed E-state index contributed by atoms with van der Waals surface area (Å²) in [5.74, 6) is -0.394. The smallest absolute Gasteiger partial charge is 0.328 e. The summed E-state index contributed by atoms with van der Waals surface area (Å²) in [5.41, 5.74) is 2.30. The van der Waals surface area contributed by atoms with Gasteiger partial charge in [-0.1, -0.05) is 36.0 Å². The van der Waals surface area contributed by atoms with Gasteiger partial charge in [0.15, 0.2) is 5.16 Å².